The second-order valence-corrected chi connectivity index (χ2v) is 6.90. The zero-order valence-electron chi connectivity index (χ0n) is 12.3. The molecular weight excluding hydrogens is 268 g/mol. The van der Waals surface area contributed by atoms with E-state index in [0.29, 0.717) is 5.91 Å². The van der Waals surface area contributed by atoms with Crippen molar-refractivity contribution in [3.63, 3.8) is 0 Å². The Balaban J connectivity index is 1.66. The number of nitrogens with zero attached hydrogens (tertiary/aromatic N) is 2. The molecule has 0 aliphatic carbocycles. The van der Waals surface area contributed by atoms with Crippen molar-refractivity contribution in [3.8, 4) is 0 Å². The number of hydrogen-bond acceptors (Lipinski definition) is 3. The van der Waals surface area contributed by atoms with Crippen molar-refractivity contribution in [2.24, 2.45) is 0 Å². The van der Waals surface area contributed by atoms with Gasteiger partial charge in [0.15, 0.2) is 0 Å². The molecule has 20 heavy (non-hydrogen) atoms. The molecule has 3 heterocycles. The zero-order valence-corrected chi connectivity index (χ0v) is 13.1. The van der Waals surface area contributed by atoms with E-state index in [0.717, 1.165) is 38.9 Å². The van der Waals surface area contributed by atoms with Gasteiger partial charge >= 0.3 is 0 Å². The topological polar surface area (TPSA) is 23.6 Å². The van der Waals surface area contributed by atoms with Crippen molar-refractivity contribution >= 4 is 17.2 Å². The van der Waals surface area contributed by atoms with Crippen LogP contribution < -0.4 is 0 Å². The molecule has 3 rings (SSSR count). The first kappa shape index (κ1) is 14.1. The lowest BCUT2D eigenvalue weighted by molar-refractivity contribution is -0.131. The van der Waals surface area contributed by atoms with E-state index in [1.807, 2.05) is 0 Å². The molecule has 0 saturated carbocycles. The van der Waals surface area contributed by atoms with Gasteiger partial charge in [-0.25, -0.2) is 0 Å². The molecule has 1 atom stereocenters. The number of hydrogen-bond donors (Lipinski definition) is 0. The van der Waals surface area contributed by atoms with Crippen molar-refractivity contribution in [2.75, 3.05) is 19.6 Å². The van der Waals surface area contributed by atoms with Gasteiger partial charge in [0.25, 0.3) is 0 Å². The fraction of sp³-hybridized carbons (Fsp3) is 0.688. The number of rotatable bonds is 3. The number of amides is 1. The lowest BCUT2D eigenvalue weighted by Gasteiger charge is -2.37. The summed E-state index contributed by atoms with van der Waals surface area (Å²) in [7, 11) is 0. The van der Waals surface area contributed by atoms with Crippen LogP contribution in [-0.2, 0) is 11.3 Å². The molecule has 2 fully saturated rings. The number of carbonyl (C=O) groups excluding carboxylic acids is 1. The van der Waals surface area contributed by atoms with Crippen molar-refractivity contribution < 1.29 is 4.79 Å². The normalized spacial score (nSPS) is 28.2. The predicted molar refractivity (Wildman–Crippen MR) is 82.8 cm³/mol. The standard InChI is InChI=1S/C16H24N2OS/c1-2-18-15(19)4-7-16(18)6-3-9-17(10-8-16)12-14-5-11-20-13-14/h5,11,13H,2-4,6-10,12H2,1H3/t16-/m1/s1. The first-order valence-corrected chi connectivity index (χ1v) is 8.72. The average Bonchev–Trinajstić information content (AvgIpc) is 2.99. The highest BCUT2D eigenvalue weighted by Gasteiger charge is 2.44. The molecular formula is C16H24N2OS. The van der Waals surface area contributed by atoms with Crippen molar-refractivity contribution in [2.45, 2.75) is 51.1 Å². The molecule has 1 aromatic heterocycles. The van der Waals surface area contributed by atoms with E-state index in [1.54, 1.807) is 11.3 Å². The number of thiophene rings is 1. The van der Waals surface area contributed by atoms with Gasteiger partial charge in [-0.05, 0) is 61.5 Å². The van der Waals surface area contributed by atoms with Gasteiger partial charge < -0.3 is 4.90 Å². The van der Waals surface area contributed by atoms with Crippen LogP contribution in [0.5, 0.6) is 0 Å². The predicted octanol–water partition coefficient (Wildman–Crippen LogP) is 3.12. The lowest BCUT2D eigenvalue weighted by Crippen LogP contribution is -2.46. The van der Waals surface area contributed by atoms with Gasteiger partial charge in [0.05, 0.1) is 0 Å². The first-order chi connectivity index (χ1) is 9.73. The summed E-state index contributed by atoms with van der Waals surface area (Å²) in [6.07, 6.45) is 5.39. The molecule has 0 bridgehead atoms. The van der Waals surface area contributed by atoms with Gasteiger partial charge in [-0.1, -0.05) is 0 Å². The number of likely N-dealkylation sites (tertiary alicyclic amines) is 2. The Kier molecular flexibility index (Phi) is 4.13. The minimum Gasteiger partial charge on any atom is -0.337 e. The third kappa shape index (κ3) is 2.63. The van der Waals surface area contributed by atoms with Crippen LogP contribution in [0.15, 0.2) is 16.8 Å². The summed E-state index contributed by atoms with van der Waals surface area (Å²) in [5.41, 5.74) is 1.61. The van der Waals surface area contributed by atoms with Crippen LogP contribution in [0.3, 0.4) is 0 Å². The fourth-order valence-electron chi connectivity index (χ4n) is 3.94. The van der Waals surface area contributed by atoms with E-state index in [1.165, 1.54) is 24.9 Å². The molecule has 0 N–H and O–H groups in total. The summed E-state index contributed by atoms with van der Waals surface area (Å²) >= 11 is 1.78. The Morgan fingerprint density at radius 1 is 1.30 bits per heavy atom. The van der Waals surface area contributed by atoms with Gasteiger partial charge in [-0.2, -0.15) is 11.3 Å². The van der Waals surface area contributed by atoms with Crippen molar-refractivity contribution in [1.29, 1.82) is 0 Å². The molecule has 0 radical (unpaired) electrons. The monoisotopic (exact) mass is 292 g/mol. The van der Waals surface area contributed by atoms with E-state index in [9.17, 15) is 4.79 Å². The SMILES string of the molecule is CCN1C(=O)CC[C@@]12CCCN(Cc1ccsc1)CC2. The van der Waals surface area contributed by atoms with Crippen LogP contribution in [0, 0.1) is 0 Å². The molecule has 1 amide bonds. The minimum atomic E-state index is 0.176. The van der Waals surface area contributed by atoms with Crippen molar-refractivity contribution in [3.05, 3.63) is 22.4 Å². The average molecular weight is 292 g/mol. The van der Waals surface area contributed by atoms with E-state index in [2.05, 4.69) is 33.6 Å². The van der Waals surface area contributed by atoms with Crippen LogP contribution in [0.25, 0.3) is 0 Å². The van der Waals surface area contributed by atoms with Crippen LogP contribution in [0.2, 0.25) is 0 Å². The molecule has 3 nitrogen and oxygen atoms in total. The van der Waals surface area contributed by atoms with Crippen LogP contribution >= 0.6 is 11.3 Å². The van der Waals surface area contributed by atoms with Gasteiger partial charge in [-0.15, -0.1) is 0 Å². The molecule has 110 valence electrons. The largest absolute Gasteiger partial charge is 0.337 e. The second kappa shape index (κ2) is 5.86. The highest BCUT2D eigenvalue weighted by atomic mass is 32.1. The summed E-state index contributed by atoms with van der Waals surface area (Å²) in [4.78, 5) is 16.8. The Hall–Kier alpha value is -0.870. The van der Waals surface area contributed by atoms with E-state index in [-0.39, 0.29) is 5.54 Å². The Labute approximate surface area is 125 Å². The Bertz CT molecular complexity index is 459. The van der Waals surface area contributed by atoms with E-state index in [4.69, 9.17) is 0 Å². The van der Waals surface area contributed by atoms with E-state index < -0.39 is 0 Å². The first-order valence-electron chi connectivity index (χ1n) is 7.77. The van der Waals surface area contributed by atoms with Gasteiger partial charge in [0, 0.05) is 31.6 Å². The fourth-order valence-corrected chi connectivity index (χ4v) is 4.60. The molecule has 4 heteroatoms. The van der Waals surface area contributed by atoms with E-state index >= 15 is 0 Å². The molecule has 2 saturated heterocycles. The third-order valence-corrected chi connectivity index (χ3v) is 5.72. The summed E-state index contributed by atoms with van der Waals surface area (Å²) in [6, 6.07) is 2.22. The van der Waals surface area contributed by atoms with Crippen LogP contribution in [-0.4, -0.2) is 40.9 Å². The molecule has 0 aromatic carbocycles. The number of carbonyl (C=O) groups is 1. The van der Waals surface area contributed by atoms with Gasteiger partial charge in [0.2, 0.25) is 5.91 Å². The Morgan fingerprint density at radius 3 is 2.95 bits per heavy atom. The van der Waals surface area contributed by atoms with Gasteiger partial charge in [-0.3, -0.25) is 9.69 Å². The van der Waals surface area contributed by atoms with Crippen molar-refractivity contribution in [1.82, 2.24) is 9.80 Å². The quantitative estimate of drug-likeness (QED) is 0.854. The highest BCUT2D eigenvalue weighted by Crippen LogP contribution is 2.39. The zero-order chi connectivity index (χ0) is 14.0. The highest BCUT2D eigenvalue weighted by molar-refractivity contribution is 7.07. The maximum absolute atomic E-state index is 12.0. The molecule has 0 unspecified atom stereocenters. The summed E-state index contributed by atoms with van der Waals surface area (Å²) < 4.78 is 0. The molecule has 2 aliphatic rings. The maximum Gasteiger partial charge on any atom is 0.223 e. The summed E-state index contributed by atoms with van der Waals surface area (Å²) in [5, 5.41) is 4.40. The summed E-state index contributed by atoms with van der Waals surface area (Å²) in [5.74, 6) is 0.374. The smallest absolute Gasteiger partial charge is 0.223 e. The minimum absolute atomic E-state index is 0.176. The van der Waals surface area contributed by atoms with Crippen LogP contribution in [0.4, 0.5) is 0 Å². The third-order valence-electron chi connectivity index (χ3n) is 4.99. The second-order valence-electron chi connectivity index (χ2n) is 6.12. The van der Waals surface area contributed by atoms with Gasteiger partial charge in [0.1, 0.15) is 0 Å². The Morgan fingerprint density at radius 2 is 2.20 bits per heavy atom. The molecule has 1 aromatic rings. The molecule has 1 spiro atoms. The molecule has 2 aliphatic heterocycles. The lowest BCUT2D eigenvalue weighted by atomic mass is 9.88. The maximum atomic E-state index is 12.0. The summed E-state index contributed by atoms with van der Waals surface area (Å²) in [6.45, 7) is 6.37. The van der Waals surface area contributed by atoms with Crippen LogP contribution in [0.1, 0.15) is 44.6 Å².